The largest absolute Gasteiger partial charge is 0.394 e. The zero-order valence-corrected chi connectivity index (χ0v) is 26.8. The molecule has 1 aromatic rings. The van der Waals surface area contributed by atoms with Crippen molar-refractivity contribution in [2.45, 2.75) is 117 Å². The molecule has 0 aromatic heterocycles. The molecule has 1 aliphatic carbocycles. The molecule has 2 saturated heterocycles. The minimum absolute atomic E-state index is 0.0512. The Morgan fingerprint density at radius 2 is 1.57 bits per heavy atom. The molecule has 0 spiro atoms. The first kappa shape index (κ1) is 31.3. The van der Waals surface area contributed by atoms with Gasteiger partial charge >= 0.3 is 0 Å². The van der Waals surface area contributed by atoms with Gasteiger partial charge in [0.1, 0.15) is 0 Å². The molecule has 4 atom stereocenters. The number of halogens is 1. The maximum absolute atomic E-state index is 14.4. The van der Waals surface area contributed by atoms with Gasteiger partial charge in [-0.1, -0.05) is 58.4 Å². The van der Waals surface area contributed by atoms with Gasteiger partial charge in [-0.3, -0.25) is 14.5 Å². The molecule has 3 aliphatic rings. The number of nitrogens with zero attached hydrogens (tertiary/aromatic N) is 3. The monoisotopic (exact) mass is 573 g/mol. The quantitative estimate of drug-likeness (QED) is 0.472. The van der Waals surface area contributed by atoms with Crippen LogP contribution in [0.15, 0.2) is 24.3 Å². The van der Waals surface area contributed by atoms with Crippen molar-refractivity contribution < 1.29 is 14.7 Å². The van der Waals surface area contributed by atoms with Crippen molar-refractivity contribution in [1.29, 1.82) is 0 Å². The summed E-state index contributed by atoms with van der Waals surface area (Å²) in [5, 5.41) is 11.2. The first-order valence-corrected chi connectivity index (χ1v) is 15.6. The summed E-state index contributed by atoms with van der Waals surface area (Å²) in [6.07, 6.45) is 4.80. The van der Waals surface area contributed by atoms with Crippen molar-refractivity contribution >= 4 is 23.4 Å². The van der Waals surface area contributed by atoms with Gasteiger partial charge in [0.15, 0.2) is 0 Å². The molecule has 4 rings (SSSR count). The molecule has 0 bridgehead atoms. The van der Waals surface area contributed by atoms with Crippen LogP contribution in [0.3, 0.4) is 0 Å². The molecule has 1 aromatic carbocycles. The Labute approximate surface area is 247 Å². The van der Waals surface area contributed by atoms with Crippen LogP contribution in [0, 0.1) is 16.7 Å². The van der Waals surface area contributed by atoms with Crippen molar-refractivity contribution in [3.63, 3.8) is 0 Å². The maximum Gasteiger partial charge on any atom is 0.228 e. The molecule has 224 valence electrons. The lowest BCUT2D eigenvalue weighted by molar-refractivity contribution is -0.147. The average molecular weight is 574 g/mol. The Morgan fingerprint density at radius 1 is 0.975 bits per heavy atom. The van der Waals surface area contributed by atoms with Crippen LogP contribution in [-0.2, 0) is 9.59 Å². The summed E-state index contributed by atoms with van der Waals surface area (Å²) in [6.45, 7) is 19.1. The first-order chi connectivity index (χ1) is 18.5. The number of hydrogen-bond donors (Lipinski definition) is 1. The van der Waals surface area contributed by atoms with E-state index < -0.39 is 5.41 Å². The highest BCUT2D eigenvalue weighted by Crippen LogP contribution is 2.42. The van der Waals surface area contributed by atoms with Crippen molar-refractivity contribution in [2.24, 2.45) is 16.7 Å². The summed E-state index contributed by atoms with van der Waals surface area (Å²) in [4.78, 5) is 34.7. The molecule has 40 heavy (non-hydrogen) atoms. The SMILES string of the molecule is CC1(C)CCC(N(C(=O)C(C)(C)C)[C@H]2CC(CO)N(C(=O)[C@@H]3CN(C(C)(C)C)C[C@H]3c3ccc(Cl)cc3)C2)CC1. The molecule has 3 fully saturated rings. The Balaban J connectivity index is 1.61. The van der Waals surface area contributed by atoms with Gasteiger partial charge in [0.2, 0.25) is 11.8 Å². The fourth-order valence-corrected chi connectivity index (χ4v) is 7.20. The van der Waals surface area contributed by atoms with Crippen LogP contribution in [0.2, 0.25) is 5.02 Å². The number of aliphatic hydroxyl groups excluding tert-OH is 1. The third-order valence-electron chi connectivity index (χ3n) is 9.74. The van der Waals surface area contributed by atoms with Crippen LogP contribution in [0.25, 0.3) is 0 Å². The summed E-state index contributed by atoms with van der Waals surface area (Å²) in [6, 6.07) is 7.73. The van der Waals surface area contributed by atoms with Crippen molar-refractivity contribution in [2.75, 3.05) is 26.2 Å². The van der Waals surface area contributed by atoms with E-state index >= 15 is 0 Å². The number of rotatable bonds is 5. The van der Waals surface area contributed by atoms with E-state index in [1.54, 1.807) is 0 Å². The lowest BCUT2D eigenvalue weighted by Gasteiger charge is -2.45. The smallest absolute Gasteiger partial charge is 0.228 e. The van der Waals surface area contributed by atoms with E-state index in [2.05, 4.69) is 44.4 Å². The Hall–Kier alpha value is -1.63. The number of carbonyl (C=O) groups excluding carboxylic acids is 2. The summed E-state index contributed by atoms with van der Waals surface area (Å²) in [5.74, 6) is 0.0962. The second-order valence-corrected chi connectivity index (χ2v) is 15.9. The van der Waals surface area contributed by atoms with E-state index in [9.17, 15) is 14.7 Å². The van der Waals surface area contributed by atoms with E-state index in [4.69, 9.17) is 11.6 Å². The van der Waals surface area contributed by atoms with Gasteiger partial charge in [-0.15, -0.1) is 0 Å². The lowest BCUT2D eigenvalue weighted by atomic mass is 9.74. The van der Waals surface area contributed by atoms with Gasteiger partial charge in [-0.05, 0) is 76.0 Å². The van der Waals surface area contributed by atoms with Gasteiger partial charge in [0, 0.05) is 47.6 Å². The van der Waals surface area contributed by atoms with Crippen LogP contribution in [0.4, 0.5) is 0 Å². The second kappa shape index (κ2) is 11.6. The molecular weight excluding hydrogens is 522 g/mol. The van der Waals surface area contributed by atoms with E-state index in [1.165, 1.54) is 0 Å². The molecule has 2 amide bonds. The van der Waals surface area contributed by atoms with E-state index in [-0.39, 0.29) is 53.9 Å². The van der Waals surface area contributed by atoms with Crippen LogP contribution < -0.4 is 0 Å². The van der Waals surface area contributed by atoms with Crippen molar-refractivity contribution in [3.05, 3.63) is 34.9 Å². The minimum Gasteiger partial charge on any atom is -0.394 e. The fraction of sp³-hybridized carbons (Fsp3) is 0.758. The summed E-state index contributed by atoms with van der Waals surface area (Å²) < 4.78 is 0. The van der Waals surface area contributed by atoms with Gasteiger partial charge < -0.3 is 14.9 Å². The molecule has 1 unspecified atom stereocenters. The summed E-state index contributed by atoms with van der Waals surface area (Å²) in [5.41, 5.74) is 0.863. The second-order valence-electron chi connectivity index (χ2n) is 15.4. The van der Waals surface area contributed by atoms with Gasteiger partial charge in [-0.2, -0.15) is 0 Å². The zero-order chi connectivity index (χ0) is 29.6. The Morgan fingerprint density at radius 3 is 2.10 bits per heavy atom. The number of aliphatic hydroxyl groups is 1. The van der Waals surface area contributed by atoms with Crippen LogP contribution >= 0.6 is 11.6 Å². The molecule has 6 nitrogen and oxygen atoms in total. The normalized spacial score (nSPS) is 28.2. The molecule has 2 aliphatic heterocycles. The van der Waals surface area contributed by atoms with E-state index in [0.717, 1.165) is 37.8 Å². The fourth-order valence-electron chi connectivity index (χ4n) is 7.08. The number of benzene rings is 1. The van der Waals surface area contributed by atoms with Crippen molar-refractivity contribution in [3.8, 4) is 0 Å². The van der Waals surface area contributed by atoms with Crippen molar-refractivity contribution in [1.82, 2.24) is 14.7 Å². The highest BCUT2D eigenvalue weighted by Gasteiger charge is 2.49. The van der Waals surface area contributed by atoms with E-state index in [1.807, 2.05) is 49.9 Å². The van der Waals surface area contributed by atoms with Gasteiger partial charge in [0.05, 0.1) is 24.6 Å². The highest BCUT2D eigenvalue weighted by molar-refractivity contribution is 6.30. The Bertz CT molecular complexity index is 1050. The topological polar surface area (TPSA) is 64.1 Å². The number of amides is 2. The summed E-state index contributed by atoms with van der Waals surface area (Å²) in [7, 11) is 0. The maximum atomic E-state index is 14.4. The van der Waals surface area contributed by atoms with Crippen LogP contribution in [-0.4, -0.2) is 81.5 Å². The standard InChI is InChI=1S/C33H52ClN3O3/c1-31(2,3)30(40)37(24-13-15-33(7,8)16-14-24)25-17-26(21-38)36(18-25)29(39)28-20-35(32(4,5)6)19-27(28)22-9-11-23(34)12-10-22/h9-12,24-28,38H,13-21H2,1-8H3/t25-,26?,27-,28+/m0/s1. The molecular formula is C33H52ClN3O3. The number of likely N-dealkylation sites (tertiary alicyclic amines) is 2. The average Bonchev–Trinajstić information content (AvgIpc) is 3.50. The predicted molar refractivity (Wildman–Crippen MR) is 162 cm³/mol. The predicted octanol–water partition coefficient (Wildman–Crippen LogP) is 5.96. The van der Waals surface area contributed by atoms with E-state index in [0.29, 0.717) is 29.9 Å². The third-order valence-corrected chi connectivity index (χ3v) is 9.99. The third kappa shape index (κ3) is 6.71. The lowest BCUT2D eigenvalue weighted by Crippen LogP contribution is -2.54. The molecule has 7 heteroatoms. The number of hydrogen-bond acceptors (Lipinski definition) is 4. The highest BCUT2D eigenvalue weighted by atomic mass is 35.5. The summed E-state index contributed by atoms with van der Waals surface area (Å²) >= 11 is 6.20. The molecule has 1 saturated carbocycles. The van der Waals surface area contributed by atoms with Crippen LogP contribution in [0.5, 0.6) is 0 Å². The minimum atomic E-state index is -0.503. The zero-order valence-electron chi connectivity index (χ0n) is 26.0. The Kier molecular flexibility index (Phi) is 9.05. The number of carbonyl (C=O) groups is 2. The van der Waals surface area contributed by atoms with Crippen LogP contribution in [0.1, 0.15) is 99.0 Å². The molecule has 1 N–H and O–H groups in total. The molecule has 0 radical (unpaired) electrons. The van der Waals surface area contributed by atoms with Gasteiger partial charge in [-0.25, -0.2) is 0 Å². The van der Waals surface area contributed by atoms with Gasteiger partial charge in [0.25, 0.3) is 0 Å². The molecule has 2 heterocycles. The first-order valence-electron chi connectivity index (χ1n) is 15.3.